The summed E-state index contributed by atoms with van der Waals surface area (Å²) in [6.07, 6.45) is 4.90. The molecule has 0 spiro atoms. The summed E-state index contributed by atoms with van der Waals surface area (Å²) in [6.45, 7) is 0. The van der Waals surface area contributed by atoms with Crippen molar-refractivity contribution in [1.82, 2.24) is 8.87 Å². The lowest BCUT2D eigenvalue weighted by Gasteiger charge is -2.11. The second kappa shape index (κ2) is 6.98. The number of carbonyl (C=O) groups is 2. The van der Waals surface area contributed by atoms with Gasteiger partial charge in [-0.1, -0.05) is 0 Å². The molecular formula is C16H20N4O3S. The van der Waals surface area contributed by atoms with E-state index < -0.39 is 15.8 Å². The van der Waals surface area contributed by atoms with Gasteiger partial charge in [0.05, 0.1) is 5.56 Å². The average molecular weight is 348 g/mol. The molecule has 0 saturated heterocycles. The van der Waals surface area contributed by atoms with Gasteiger partial charge < -0.3 is 9.88 Å². The highest BCUT2D eigenvalue weighted by Gasteiger charge is 2.12. The van der Waals surface area contributed by atoms with Gasteiger partial charge in [-0.25, -0.2) is 8.51 Å². The number of nitrogens with zero attached hydrogens (tertiary/aromatic N) is 3. The first kappa shape index (κ1) is 17.9. The number of benzene rings is 1. The molecule has 1 aromatic heterocycles. The van der Waals surface area contributed by atoms with Crippen LogP contribution in [0.1, 0.15) is 20.7 Å². The molecular weight excluding hydrogens is 328 g/mol. The van der Waals surface area contributed by atoms with Crippen molar-refractivity contribution in [2.75, 3.05) is 25.7 Å². The normalized spacial score (nSPS) is 13.4. The molecule has 1 unspecified atom stereocenters. The lowest BCUT2D eigenvalue weighted by atomic mass is 10.2. The number of aryl methyl sites for hydroxylation is 1. The van der Waals surface area contributed by atoms with Crippen LogP contribution in [0.4, 0.5) is 5.69 Å². The molecule has 0 radical (unpaired) electrons. The van der Waals surface area contributed by atoms with Crippen LogP contribution in [-0.2, 0) is 17.0 Å². The van der Waals surface area contributed by atoms with Crippen LogP contribution in [0.3, 0.4) is 0 Å². The van der Waals surface area contributed by atoms with Gasteiger partial charge in [0, 0.05) is 51.0 Å². The Bertz CT molecular complexity index is 875. The number of nitrogens with one attached hydrogen (secondary N) is 1. The third-order valence-corrected chi connectivity index (χ3v) is 5.27. The Morgan fingerprint density at radius 3 is 2.25 bits per heavy atom. The summed E-state index contributed by atoms with van der Waals surface area (Å²) in [5, 5.41) is 2.75. The first-order valence-corrected chi connectivity index (χ1v) is 9.04. The first-order chi connectivity index (χ1) is 11.2. The van der Waals surface area contributed by atoms with Gasteiger partial charge >= 0.3 is 0 Å². The van der Waals surface area contributed by atoms with Crippen LogP contribution < -0.4 is 5.32 Å². The average Bonchev–Trinajstić information content (AvgIpc) is 2.94. The Balaban J connectivity index is 2.12. The molecule has 0 saturated carbocycles. The van der Waals surface area contributed by atoms with Crippen LogP contribution in [0.25, 0.3) is 0 Å². The zero-order valence-corrected chi connectivity index (χ0v) is 14.8. The molecule has 0 aliphatic rings. The zero-order chi connectivity index (χ0) is 17.9. The second-order valence-electron chi connectivity index (χ2n) is 5.57. The molecule has 1 heterocycles. The predicted molar refractivity (Wildman–Crippen MR) is 94.3 cm³/mol. The quantitative estimate of drug-likeness (QED) is 0.917. The number of carbonyl (C=O) groups excluding carboxylic acids is 2. The van der Waals surface area contributed by atoms with E-state index in [-0.39, 0.29) is 5.91 Å². The van der Waals surface area contributed by atoms with Crippen molar-refractivity contribution in [3.8, 4) is 0 Å². The van der Waals surface area contributed by atoms with E-state index in [9.17, 15) is 13.8 Å². The van der Waals surface area contributed by atoms with E-state index in [1.54, 1.807) is 49.3 Å². The maximum absolute atomic E-state index is 12.1. The van der Waals surface area contributed by atoms with Gasteiger partial charge in [0.15, 0.2) is 0 Å². The summed E-state index contributed by atoms with van der Waals surface area (Å²) in [5.74, 6) is -0.791. The van der Waals surface area contributed by atoms with Gasteiger partial charge in [0.1, 0.15) is 9.92 Å². The van der Waals surface area contributed by atoms with E-state index >= 15 is 0 Å². The fourth-order valence-electron chi connectivity index (χ4n) is 1.83. The van der Waals surface area contributed by atoms with Gasteiger partial charge in [-0.15, -0.1) is 4.36 Å². The van der Waals surface area contributed by atoms with Crippen LogP contribution >= 0.6 is 0 Å². The molecule has 2 rings (SSSR count). The monoisotopic (exact) mass is 348 g/mol. The van der Waals surface area contributed by atoms with Crippen LogP contribution in [0.2, 0.25) is 0 Å². The SMILES string of the molecule is CN(C)S(C)(=O)=NC(=O)c1ccc(NC(=O)c2ccn(C)c2)cc1. The lowest BCUT2D eigenvalue weighted by Crippen LogP contribution is -2.21. The third-order valence-electron chi connectivity index (χ3n) is 3.41. The maximum Gasteiger partial charge on any atom is 0.286 e. The zero-order valence-electron chi connectivity index (χ0n) is 14.0. The minimum atomic E-state index is -2.72. The fraction of sp³-hybridized carbons (Fsp3) is 0.250. The molecule has 0 aliphatic carbocycles. The molecule has 0 aliphatic heterocycles. The Labute approximate surface area is 141 Å². The van der Waals surface area contributed by atoms with E-state index in [2.05, 4.69) is 9.68 Å². The van der Waals surface area contributed by atoms with Crippen LogP contribution in [0.15, 0.2) is 47.1 Å². The van der Waals surface area contributed by atoms with Crippen LogP contribution in [-0.4, -0.2) is 45.2 Å². The van der Waals surface area contributed by atoms with E-state index in [0.717, 1.165) is 0 Å². The molecule has 2 aromatic rings. The Hall–Kier alpha value is -2.45. The minimum Gasteiger partial charge on any atom is -0.356 e. The molecule has 1 atom stereocenters. The Kier molecular flexibility index (Phi) is 5.20. The van der Waals surface area contributed by atoms with Gasteiger partial charge in [-0.3, -0.25) is 9.59 Å². The van der Waals surface area contributed by atoms with E-state index in [4.69, 9.17) is 0 Å². The fourth-order valence-corrected chi connectivity index (χ4v) is 2.40. The number of hydrogen-bond donors (Lipinski definition) is 1. The van der Waals surface area contributed by atoms with Crippen LogP contribution in [0.5, 0.6) is 0 Å². The summed E-state index contributed by atoms with van der Waals surface area (Å²) in [4.78, 5) is 24.1. The molecule has 128 valence electrons. The summed E-state index contributed by atoms with van der Waals surface area (Å²) < 4.78 is 19.0. The van der Waals surface area contributed by atoms with Crippen molar-refractivity contribution < 1.29 is 13.8 Å². The van der Waals surface area contributed by atoms with Gasteiger partial charge in [0.2, 0.25) is 0 Å². The first-order valence-electron chi connectivity index (χ1n) is 7.16. The van der Waals surface area contributed by atoms with Crippen LogP contribution in [0, 0.1) is 0 Å². The molecule has 0 fully saturated rings. The highest BCUT2D eigenvalue weighted by Crippen LogP contribution is 2.13. The summed E-state index contributed by atoms with van der Waals surface area (Å²) in [6, 6.07) is 8.01. The molecule has 1 aromatic carbocycles. The topological polar surface area (TPSA) is 83.8 Å². The number of hydrogen-bond acceptors (Lipinski definition) is 3. The number of rotatable bonds is 4. The smallest absolute Gasteiger partial charge is 0.286 e. The van der Waals surface area contributed by atoms with Crippen molar-refractivity contribution in [1.29, 1.82) is 0 Å². The molecule has 0 bridgehead atoms. The number of anilines is 1. The van der Waals surface area contributed by atoms with Crippen molar-refractivity contribution in [2.24, 2.45) is 11.4 Å². The number of aromatic nitrogens is 1. The Morgan fingerprint density at radius 2 is 1.75 bits per heavy atom. The van der Waals surface area contributed by atoms with E-state index in [0.29, 0.717) is 16.8 Å². The van der Waals surface area contributed by atoms with Crippen molar-refractivity contribution in [2.45, 2.75) is 0 Å². The molecule has 1 N–H and O–H groups in total. The minimum absolute atomic E-state index is 0.233. The van der Waals surface area contributed by atoms with Crippen molar-refractivity contribution >= 4 is 27.4 Å². The molecule has 8 heteroatoms. The number of amides is 2. The summed E-state index contributed by atoms with van der Waals surface area (Å²) >= 11 is 0. The molecule has 24 heavy (non-hydrogen) atoms. The largest absolute Gasteiger partial charge is 0.356 e. The standard InChI is InChI=1S/C16H20N4O3S/c1-19(2)24(4,23)18-16(22)12-5-7-14(8-6-12)17-15(21)13-9-10-20(3)11-13/h5-11H,1-4H3,(H,17,21). The van der Waals surface area contributed by atoms with E-state index in [1.165, 1.54) is 22.7 Å². The van der Waals surface area contributed by atoms with E-state index in [1.807, 2.05) is 7.05 Å². The van der Waals surface area contributed by atoms with Gasteiger partial charge in [-0.05, 0) is 30.3 Å². The summed E-state index contributed by atoms with van der Waals surface area (Å²) in [7, 11) is 2.31. The summed E-state index contributed by atoms with van der Waals surface area (Å²) in [5.41, 5.74) is 1.42. The molecule has 2 amide bonds. The van der Waals surface area contributed by atoms with Crippen molar-refractivity contribution in [3.63, 3.8) is 0 Å². The molecule has 7 nitrogen and oxygen atoms in total. The second-order valence-corrected chi connectivity index (χ2v) is 8.01. The highest BCUT2D eigenvalue weighted by atomic mass is 32.2. The van der Waals surface area contributed by atoms with Crippen molar-refractivity contribution in [3.05, 3.63) is 53.9 Å². The Morgan fingerprint density at radius 1 is 1.12 bits per heavy atom. The van der Waals surface area contributed by atoms with Gasteiger partial charge in [0.25, 0.3) is 11.8 Å². The van der Waals surface area contributed by atoms with Gasteiger partial charge in [-0.2, -0.15) is 0 Å². The maximum atomic E-state index is 12.1. The highest BCUT2D eigenvalue weighted by molar-refractivity contribution is 7.90. The lowest BCUT2D eigenvalue weighted by molar-refractivity contribution is 0.100. The predicted octanol–water partition coefficient (Wildman–Crippen LogP) is 1.99. The third kappa shape index (κ3) is 4.30.